The number of piperidine rings is 1. The van der Waals surface area contributed by atoms with E-state index in [0.29, 0.717) is 63.7 Å². The number of aliphatic carboxylic acids is 1. The summed E-state index contributed by atoms with van der Waals surface area (Å²) in [5.41, 5.74) is 1.10. The molecule has 1 N–H and O–H groups in total. The summed E-state index contributed by atoms with van der Waals surface area (Å²) in [7, 11) is 1.65. The molecule has 3 atom stereocenters. The van der Waals surface area contributed by atoms with E-state index in [9.17, 15) is 27.9 Å². The van der Waals surface area contributed by atoms with Crippen molar-refractivity contribution in [2.24, 2.45) is 17.3 Å². The minimum atomic E-state index is -4.49. The Morgan fingerprint density at radius 1 is 0.915 bits per heavy atom. The number of alkyl halides is 3. The van der Waals surface area contributed by atoms with Crippen LogP contribution in [0.25, 0.3) is 0 Å². The van der Waals surface area contributed by atoms with Crippen molar-refractivity contribution >= 4 is 17.6 Å². The van der Waals surface area contributed by atoms with Crippen LogP contribution in [0, 0.1) is 17.3 Å². The number of hydrogen-bond donors (Lipinski definition) is 1. The van der Waals surface area contributed by atoms with Crippen molar-refractivity contribution in [3.8, 4) is 5.75 Å². The highest BCUT2D eigenvalue weighted by Gasteiger charge is 2.53. The monoisotopic (exact) mass is 655 g/mol. The fourth-order valence-corrected chi connectivity index (χ4v) is 8.71. The molecule has 0 spiro atoms. The van der Waals surface area contributed by atoms with Gasteiger partial charge in [-0.25, -0.2) is 0 Å². The van der Waals surface area contributed by atoms with Crippen molar-refractivity contribution in [2.75, 3.05) is 51.3 Å². The molecule has 1 amide bonds. The number of benzene rings is 2. The van der Waals surface area contributed by atoms with Crippen LogP contribution in [0.5, 0.6) is 5.75 Å². The number of likely N-dealkylation sites (tertiary alicyclic amines) is 2. The van der Waals surface area contributed by atoms with Crippen LogP contribution in [0.4, 0.5) is 18.9 Å². The molecule has 0 bridgehead atoms. The van der Waals surface area contributed by atoms with E-state index in [1.807, 2.05) is 21.9 Å². The zero-order valence-electron chi connectivity index (χ0n) is 27.8. The summed E-state index contributed by atoms with van der Waals surface area (Å²) in [6.07, 6.45) is 1.67. The van der Waals surface area contributed by atoms with Crippen LogP contribution < -0.4 is 9.64 Å². The smallest absolute Gasteiger partial charge is 0.416 e. The SMILES string of the molecule is COc1ccc([C@@H]2CN([C@H]3CC[C@H](C)CC3)C[C@@]2(C)C(=O)N2CC[C@@H](c3ccc(C(F)(F)F)cc3N3CCC(C(=O)O)CC3)C2)cc1. The quantitative estimate of drug-likeness (QED) is 0.346. The number of halogens is 3. The van der Waals surface area contributed by atoms with E-state index >= 15 is 0 Å². The van der Waals surface area contributed by atoms with Crippen molar-refractivity contribution in [1.29, 1.82) is 0 Å². The summed E-state index contributed by atoms with van der Waals surface area (Å²) >= 11 is 0. The predicted octanol–water partition coefficient (Wildman–Crippen LogP) is 7.02. The predicted molar refractivity (Wildman–Crippen MR) is 175 cm³/mol. The second kappa shape index (κ2) is 13.3. The summed E-state index contributed by atoms with van der Waals surface area (Å²) in [6, 6.07) is 12.5. The number of carbonyl (C=O) groups is 2. The van der Waals surface area contributed by atoms with Gasteiger partial charge in [-0.3, -0.25) is 14.5 Å². The molecule has 3 aliphatic heterocycles. The van der Waals surface area contributed by atoms with E-state index in [1.54, 1.807) is 13.2 Å². The van der Waals surface area contributed by atoms with Crippen LogP contribution in [0.1, 0.15) is 87.3 Å². The number of anilines is 1. The van der Waals surface area contributed by atoms with Crippen LogP contribution in [-0.2, 0) is 15.8 Å². The van der Waals surface area contributed by atoms with Gasteiger partial charge < -0.3 is 19.6 Å². The van der Waals surface area contributed by atoms with E-state index < -0.39 is 29.0 Å². The largest absolute Gasteiger partial charge is 0.497 e. The molecule has 0 unspecified atom stereocenters. The van der Waals surface area contributed by atoms with Crippen molar-refractivity contribution in [3.63, 3.8) is 0 Å². The third-order valence-electron chi connectivity index (χ3n) is 11.7. The zero-order valence-corrected chi connectivity index (χ0v) is 27.8. The first-order valence-electron chi connectivity index (χ1n) is 17.2. The molecule has 1 aliphatic carbocycles. The van der Waals surface area contributed by atoms with Gasteiger partial charge >= 0.3 is 12.1 Å². The minimum absolute atomic E-state index is 0.0106. The lowest BCUT2D eigenvalue weighted by Gasteiger charge is -2.36. The average molecular weight is 656 g/mol. The van der Waals surface area contributed by atoms with Crippen LogP contribution in [0.15, 0.2) is 42.5 Å². The maximum atomic E-state index is 14.7. The zero-order chi connectivity index (χ0) is 33.5. The van der Waals surface area contributed by atoms with Crippen LogP contribution in [0.3, 0.4) is 0 Å². The Labute approximate surface area is 276 Å². The number of carboxylic acid groups (broad SMARTS) is 1. The molecule has 3 saturated heterocycles. The first-order valence-corrected chi connectivity index (χ1v) is 17.2. The number of nitrogens with zero attached hydrogens (tertiary/aromatic N) is 3. The average Bonchev–Trinajstić information content (AvgIpc) is 3.70. The van der Waals surface area contributed by atoms with E-state index in [0.717, 1.165) is 48.2 Å². The first-order chi connectivity index (χ1) is 22.4. The maximum Gasteiger partial charge on any atom is 0.416 e. The van der Waals surface area contributed by atoms with Crippen LogP contribution in [0.2, 0.25) is 0 Å². The van der Waals surface area contributed by atoms with Crippen molar-refractivity contribution in [2.45, 2.75) is 82.8 Å². The Morgan fingerprint density at radius 2 is 1.60 bits per heavy atom. The lowest BCUT2D eigenvalue weighted by atomic mass is 9.75. The van der Waals surface area contributed by atoms with Gasteiger partial charge in [0.15, 0.2) is 0 Å². The topological polar surface area (TPSA) is 73.3 Å². The molecular weight excluding hydrogens is 607 g/mol. The fraction of sp³-hybridized carbons (Fsp3) is 0.622. The first kappa shape index (κ1) is 33.6. The number of rotatable bonds is 7. The van der Waals surface area contributed by atoms with Gasteiger partial charge in [-0.15, -0.1) is 0 Å². The highest BCUT2D eigenvalue weighted by Crippen LogP contribution is 2.48. The van der Waals surface area contributed by atoms with Crippen molar-refractivity contribution < 1.29 is 32.6 Å². The van der Waals surface area contributed by atoms with E-state index in [2.05, 4.69) is 30.9 Å². The molecule has 2 aromatic carbocycles. The molecule has 7 nitrogen and oxygen atoms in total. The molecule has 6 rings (SSSR count). The highest BCUT2D eigenvalue weighted by atomic mass is 19.4. The summed E-state index contributed by atoms with van der Waals surface area (Å²) in [6.45, 7) is 7.71. The normalized spacial score (nSPS) is 29.3. The Hall–Kier alpha value is -3.27. The van der Waals surface area contributed by atoms with E-state index in [1.165, 1.54) is 18.9 Å². The Kier molecular flexibility index (Phi) is 9.53. The number of methoxy groups -OCH3 is 1. The Morgan fingerprint density at radius 3 is 2.21 bits per heavy atom. The van der Waals surface area contributed by atoms with Gasteiger partial charge in [-0.05, 0) is 93.2 Å². The molecule has 0 radical (unpaired) electrons. The molecular formula is C37H48F3N3O4. The third-order valence-corrected chi connectivity index (χ3v) is 11.7. The van der Waals surface area contributed by atoms with Gasteiger partial charge in [0.2, 0.25) is 5.91 Å². The molecule has 4 fully saturated rings. The number of carboxylic acids is 1. The van der Waals surface area contributed by atoms with E-state index in [-0.39, 0.29) is 17.7 Å². The van der Waals surface area contributed by atoms with Crippen molar-refractivity contribution in [1.82, 2.24) is 9.80 Å². The lowest BCUT2D eigenvalue weighted by molar-refractivity contribution is -0.142. The Bertz CT molecular complexity index is 1430. The summed E-state index contributed by atoms with van der Waals surface area (Å²) < 4.78 is 46.9. The summed E-state index contributed by atoms with van der Waals surface area (Å²) in [5, 5.41) is 9.47. The molecule has 1 saturated carbocycles. The summed E-state index contributed by atoms with van der Waals surface area (Å²) in [4.78, 5) is 32.6. The van der Waals surface area contributed by atoms with Crippen LogP contribution >= 0.6 is 0 Å². The molecule has 10 heteroatoms. The number of ether oxygens (including phenoxy) is 1. The third kappa shape index (κ3) is 6.85. The number of carbonyl (C=O) groups excluding carboxylic acids is 1. The lowest BCUT2D eigenvalue weighted by Crippen LogP contribution is -2.46. The highest BCUT2D eigenvalue weighted by molar-refractivity contribution is 5.85. The fourth-order valence-electron chi connectivity index (χ4n) is 8.71. The maximum absolute atomic E-state index is 14.7. The van der Waals surface area contributed by atoms with E-state index in [4.69, 9.17) is 4.74 Å². The molecule has 3 heterocycles. The van der Waals surface area contributed by atoms with Gasteiger partial charge in [0, 0.05) is 62.8 Å². The molecule has 47 heavy (non-hydrogen) atoms. The van der Waals surface area contributed by atoms with Gasteiger partial charge in [-0.2, -0.15) is 13.2 Å². The second-order valence-corrected chi connectivity index (χ2v) is 14.7. The second-order valence-electron chi connectivity index (χ2n) is 14.7. The van der Waals surface area contributed by atoms with Gasteiger partial charge in [0.05, 0.1) is 24.0 Å². The standard InChI is InChI=1S/C37H48F3N3O4/c1-24-4-9-29(10-5-24)43-22-32(25-6-11-30(47-3)12-7-25)36(2,23-43)35(46)42-19-16-27(21-42)31-13-8-28(37(38,39)40)20-33(31)41-17-14-26(15-18-41)34(44)45/h6-8,11-13,20,24,26-27,29,32H,4-5,9-10,14-19,21-23H2,1-3H3,(H,44,45)/t24-,27-,29-,32+,36-/m1/s1. The Balaban J connectivity index is 1.25. The van der Waals surface area contributed by atoms with Gasteiger partial charge in [0.25, 0.3) is 0 Å². The van der Waals surface area contributed by atoms with Crippen molar-refractivity contribution in [3.05, 3.63) is 59.2 Å². The molecule has 0 aromatic heterocycles. The van der Waals surface area contributed by atoms with Gasteiger partial charge in [-0.1, -0.05) is 25.1 Å². The summed E-state index contributed by atoms with van der Waals surface area (Å²) in [5.74, 6) is 0.194. The van der Waals surface area contributed by atoms with Crippen LogP contribution in [-0.4, -0.2) is 79.2 Å². The minimum Gasteiger partial charge on any atom is -0.497 e. The van der Waals surface area contributed by atoms with Gasteiger partial charge in [0.1, 0.15) is 5.75 Å². The number of amides is 1. The molecule has 2 aromatic rings. The number of hydrogen-bond acceptors (Lipinski definition) is 5. The molecule has 4 aliphatic rings. The molecule has 256 valence electrons.